The highest BCUT2D eigenvalue weighted by molar-refractivity contribution is 6.31. The fourth-order valence-electron chi connectivity index (χ4n) is 7.28. The minimum Gasteiger partial charge on any atom is -0.459 e. The average molecular weight is 579 g/mol. The van der Waals surface area contributed by atoms with E-state index in [0.717, 1.165) is 50.2 Å². The van der Waals surface area contributed by atoms with E-state index in [9.17, 15) is 0 Å². The fourth-order valence-corrected chi connectivity index (χ4v) is 7.28. The van der Waals surface area contributed by atoms with Crippen LogP contribution in [0.25, 0.3) is 60.3 Å². The molecule has 5 heteroatoms. The van der Waals surface area contributed by atoms with Gasteiger partial charge in [0.05, 0.1) is 6.54 Å². The molecule has 0 bridgehead atoms. The first-order chi connectivity index (χ1) is 22.3. The fraction of sp³-hybridized carbons (Fsp3) is 0.0500. The quantitative estimate of drug-likeness (QED) is 0.220. The van der Waals surface area contributed by atoms with Crippen LogP contribution in [-0.2, 0) is 6.54 Å². The van der Waals surface area contributed by atoms with Crippen molar-refractivity contribution >= 4 is 49.8 Å². The molecule has 0 radical (unpaired) electrons. The Bertz CT molecular complexity index is 2450. The molecule has 0 fully saturated rings. The number of fused-ring (bicyclic) bond motifs is 7. The molecule has 212 valence electrons. The molecule has 1 atom stereocenters. The topological polar surface area (TPSA) is 61.9 Å². The van der Waals surface area contributed by atoms with Crippen molar-refractivity contribution in [3.63, 3.8) is 0 Å². The molecule has 3 aliphatic rings. The number of nitrogens with zero attached hydrogens (tertiary/aromatic N) is 2. The first kappa shape index (κ1) is 24.5. The van der Waals surface area contributed by atoms with E-state index in [1.165, 1.54) is 38.4 Å². The van der Waals surface area contributed by atoms with Gasteiger partial charge < -0.3 is 15.1 Å². The van der Waals surface area contributed by atoms with Crippen LogP contribution in [0.3, 0.4) is 0 Å². The van der Waals surface area contributed by atoms with Gasteiger partial charge in [0.25, 0.3) is 0 Å². The number of benzene rings is 6. The molecular formula is C40H26N4O. The Morgan fingerprint density at radius 3 is 2.29 bits per heavy atom. The number of hydrogen-bond donors (Lipinski definition) is 2. The second kappa shape index (κ2) is 9.28. The first-order valence-electron chi connectivity index (χ1n) is 15.3. The Kier molecular flexibility index (Phi) is 5.05. The molecule has 10 rings (SSSR count). The number of nitrogens with one attached hydrogen (secondary N) is 2. The maximum atomic E-state index is 6.29. The first-order valence-corrected chi connectivity index (χ1v) is 15.3. The third-order valence-electron chi connectivity index (χ3n) is 9.32. The van der Waals surface area contributed by atoms with Crippen LogP contribution < -0.4 is 10.6 Å². The monoisotopic (exact) mass is 578 g/mol. The molecule has 3 heterocycles. The van der Waals surface area contributed by atoms with Gasteiger partial charge in [0, 0.05) is 28.3 Å². The highest BCUT2D eigenvalue weighted by atomic mass is 16.3. The molecular weight excluding hydrogens is 552 g/mol. The zero-order valence-electron chi connectivity index (χ0n) is 24.2. The smallest absolute Gasteiger partial charge is 0.160 e. The average Bonchev–Trinajstić information content (AvgIpc) is 3.65. The van der Waals surface area contributed by atoms with Crippen LogP contribution in [-0.4, -0.2) is 11.7 Å². The Balaban J connectivity index is 1.19. The van der Waals surface area contributed by atoms with Gasteiger partial charge in [-0.2, -0.15) is 0 Å². The molecule has 7 aromatic rings. The van der Waals surface area contributed by atoms with Gasteiger partial charge >= 0.3 is 0 Å². The van der Waals surface area contributed by atoms with Crippen LogP contribution in [0.5, 0.6) is 0 Å². The number of para-hydroxylation sites is 1. The maximum absolute atomic E-state index is 6.29. The van der Waals surface area contributed by atoms with E-state index >= 15 is 0 Å². The zero-order valence-corrected chi connectivity index (χ0v) is 24.2. The minimum atomic E-state index is -0.332. The van der Waals surface area contributed by atoms with Crippen molar-refractivity contribution in [3.05, 3.63) is 150 Å². The molecule has 1 unspecified atom stereocenters. The van der Waals surface area contributed by atoms with Crippen molar-refractivity contribution in [2.24, 2.45) is 9.98 Å². The van der Waals surface area contributed by atoms with Gasteiger partial charge in [0.15, 0.2) is 5.84 Å². The van der Waals surface area contributed by atoms with Gasteiger partial charge in [-0.15, -0.1) is 0 Å². The molecule has 0 saturated carbocycles. The van der Waals surface area contributed by atoms with Gasteiger partial charge in [0.1, 0.15) is 23.3 Å². The number of amidine groups is 2. The molecule has 6 aromatic carbocycles. The molecule has 1 aromatic heterocycles. The molecule has 5 nitrogen and oxygen atoms in total. The lowest BCUT2D eigenvalue weighted by Gasteiger charge is -2.26. The normalized spacial score (nSPS) is 16.4. The van der Waals surface area contributed by atoms with Crippen LogP contribution >= 0.6 is 0 Å². The van der Waals surface area contributed by atoms with Gasteiger partial charge in [-0.05, 0) is 67.6 Å². The maximum Gasteiger partial charge on any atom is 0.160 e. The van der Waals surface area contributed by atoms with Crippen LogP contribution in [0.2, 0.25) is 0 Å². The lowest BCUT2D eigenvalue weighted by Crippen LogP contribution is -2.35. The summed E-state index contributed by atoms with van der Waals surface area (Å²) >= 11 is 0. The van der Waals surface area contributed by atoms with Crippen molar-refractivity contribution in [1.29, 1.82) is 0 Å². The van der Waals surface area contributed by atoms with Crippen molar-refractivity contribution in [2.75, 3.05) is 0 Å². The van der Waals surface area contributed by atoms with Crippen LogP contribution in [0.4, 0.5) is 0 Å². The number of furan rings is 1. The standard InChI is InChI=1S/C40H26N4O/c1-2-9-24-20-25(17-16-23(24)8-1)38-42-39(31-19-18-30-27-11-4-3-10-26(27)28-13-7-14-29(31)36(28)30)44-40(43-38)33-21-41-22-35-37(33)32-12-5-6-15-34(32)45-35/h1-21,38,41H,22H2,(H,42,43,44). The summed E-state index contributed by atoms with van der Waals surface area (Å²) in [5.74, 6) is 2.39. The lowest BCUT2D eigenvalue weighted by atomic mass is 9.96. The summed E-state index contributed by atoms with van der Waals surface area (Å²) in [7, 11) is 0. The highest BCUT2D eigenvalue weighted by Gasteiger charge is 2.30. The van der Waals surface area contributed by atoms with Crippen LogP contribution in [0.15, 0.2) is 142 Å². The Morgan fingerprint density at radius 2 is 1.38 bits per heavy atom. The van der Waals surface area contributed by atoms with Gasteiger partial charge in [0.2, 0.25) is 0 Å². The summed E-state index contributed by atoms with van der Waals surface area (Å²) < 4.78 is 6.29. The van der Waals surface area contributed by atoms with E-state index in [0.29, 0.717) is 12.4 Å². The molecule has 2 aliphatic heterocycles. The predicted molar refractivity (Wildman–Crippen MR) is 183 cm³/mol. The molecule has 0 saturated heterocycles. The van der Waals surface area contributed by atoms with E-state index < -0.39 is 0 Å². The number of aliphatic imine (C=N–C) groups is 2. The van der Waals surface area contributed by atoms with E-state index in [1.807, 2.05) is 12.1 Å². The zero-order chi connectivity index (χ0) is 29.5. The van der Waals surface area contributed by atoms with E-state index in [4.69, 9.17) is 14.4 Å². The third kappa shape index (κ3) is 3.61. The lowest BCUT2D eigenvalue weighted by molar-refractivity contribution is 0.531. The van der Waals surface area contributed by atoms with Gasteiger partial charge in [-0.25, -0.2) is 9.98 Å². The molecule has 1 aliphatic carbocycles. The third-order valence-corrected chi connectivity index (χ3v) is 9.32. The Hall–Kier alpha value is -5.94. The Morgan fingerprint density at radius 1 is 0.644 bits per heavy atom. The molecule has 45 heavy (non-hydrogen) atoms. The molecule has 0 spiro atoms. The largest absolute Gasteiger partial charge is 0.459 e. The SMILES string of the molecule is C1=C(C2=NC(c3ccc4c5c(cccc35)-c3ccccc3-4)=NC(c3ccc4ccccc4c3)N2)c2c(oc3ccccc23)CN1. The summed E-state index contributed by atoms with van der Waals surface area (Å²) in [6, 6.07) is 42.9. The van der Waals surface area contributed by atoms with E-state index in [1.54, 1.807) is 0 Å². The van der Waals surface area contributed by atoms with E-state index in [2.05, 4.69) is 126 Å². The van der Waals surface area contributed by atoms with Gasteiger partial charge in [-0.1, -0.05) is 103 Å². The summed E-state index contributed by atoms with van der Waals surface area (Å²) in [6.45, 7) is 0.630. The number of rotatable bonds is 3. The second-order valence-corrected chi connectivity index (χ2v) is 11.8. The summed E-state index contributed by atoms with van der Waals surface area (Å²) in [5.41, 5.74) is 10.1. The summed E-state index contributed by atoms with van der Waals surface area (Å²) in [4.78, 5) is 10.6. The van der Waals surface area contributed by atoms with Gasteiger partial charge in [-0.3, -0.25) is 0 Å². The van der Waals surface area contributed by atoms with Crippen LogP contribution in [0.1, 0.15) is 28.6 Å². The van der Waals surface area contributed by atoms with Crippen molar-refractivity contribution in [2.45, 2.75) is 12.7 Å². The van der Waals surface area contributed by atoms with Crippen molar-refractivity contribution in [1.82, 2.24) is 10.6 Å². The Labute approximate surface area is 259 Å². The van der Waals surface area contributed by atoms with Crippen molar-refractivity contribution < 1.29 is 4.42 Å². The number of hydrogen-bond acceptors (Lipinski definition) is 5. The summed E-state index contributed by atoms with van der Waals surface area (Å²) in [5, 5.41) is 13.0. The van der Waals surface area contributed by atoms with Crippen molar-refractivity contribution in [3.8, 4) is 22.3 Å². The molecule has 2 N–H and O–H groups in total. The van der Waals surface area contributed by atoms with E-state index in [-0.39, 0.29) is 6.17 Å². The predicted octanol–water partition coefficient (Wildman–Crippen LogP) is 8.98. The van der Waals surface area contributed by atoms with Crippen LogP contribution in [0, 0.1) is 0 Å². The highest BCUT2D eigenvalue weighted by Crippen LogP contribution is 2.48. The summed E-state index contributed by atoms with van der Waals surface area (Å²) in [6.07, 6.45) is 1.72. The molecule has 0 amide bonds. The second-order valence-electron chi connectivity index (χ2n) is 11.8. The minimum absolute atomic E-state index is 0.332.